The summed E-state index contributed by atoms with van der Waals surface area (Å²) in [4.78, 5) is 17.1. The van der Waals surface area contributed by atoms with Crippen LogP contribution < -0.4 is 5.32 Å². The van der Waals surface area contributed by atoms with Gasteiger partial charge < -0.3 is 0 Å². The van der Waals surface area contributed by atoms with Gasteiger partial charge in [-0.1, -0.05) is 6.92 Å². The van der Waals surface area contributed by atoms with E-state index in [1.165, 1.54) is 52.0 Å². The minimum atomic E-state index is -3.55. The number of piperidine rings is 1. The molecule has 1 amide bonds. The predicted molar refractivity (Wildman–Crippen MR) is 119 cm³/mol. The SMILES string of the molecule is CC1CCN(S(=O)(=O)c2ccc(C(=O)Nc3nc(-c4ccc(F)cc4)cs3)cc2)CC1. The smallest absolute Gasteiger partial charge is 0.257 e. The maximum absolute atomic E-state index is 13.1. The number of hydrogen-bond donors (Lipinski definition) is 1. The minimum absolute atomic E-state index is 0.187. The van der Waals surface area contributed by atoms with Gasteiger partial charge >= 0.3 is 0 Å². The van der Waals surface area contributed by atoms with Crippen molar-refractivity contribution in [2.45, 2.75) is 24.7 Å². The van der Waals surface area contributed by atoms with Gasteiger partial charge in [0.05, 0.1) is 10.6 Å². The molecule has 1 saturated heterocycles. The summed E-state index contributed by atoms with van der Waals surface area (Å²) < 4.78 is 40.2. The first-order chi connectivity index (χ1) is 14.8. The molecule has 2 heterocycles. The first kappa shape index (κ1) is 21.6. The van der Waals surface area contributed by atoms with Crippen molar-refractivity contribution in [3.8, 4) is 11.3 Å². The lowest BCUT2D eigenvalue weighted by molar-refractivity contribution is 0.102. The number of nitrogens with zero attached hydrogens (tertiary/aromatic N) is 2. The Labute approximate surface area is 184 Å². The fourth-order valence-corrected chi connectivity index (χ4v) is 5.59. The van der Waals surface area contributed by atoms with Gasteiger partial charge in [0.15, 0.2) is 5.13 Å². The van der Waals surface area contributed by atoms with Crippen LogP contribution in [0.1, 0.15) is 30.1 Å². The van der Waals surface area contributed by atoms with Gasteiger partial charge in [0.25, 0.3) is 5.91 Å². The fraction of sp³-hybridized carbons (Fsp3) is 0.273. The number of aromatic nitrogens is 1. The highest BCUT2D eigenvalue weighted by molar-refractivity contribution is 7.89. The van der Waals surface area contributed by atoms with E-state index >= 15 is 0 Å². The van der Waals surface area contributed by atoms with Gasteiger partial charge in [-0.05, 0) is 67.3 Å². The lowest BCUT2D eigenvalue weighted by Gasteiger charge is -2.29. The second-order valence-corrected chi connectivity index (χ2v) is 10.4. The Morgan fingerprint density at radius 1 is 1.10 bits per heavy atom. The number of benzene rings is 2. The molecule has 31 heavy (non-hydrogen) atoms. The molecule has 4 rings (SSSR count). The molecule has 1 aromatic heterocycles. The summed E-state index contributed by atoms with van der Waals surface area (Å²) in [6.07, 6.45) is 1.71. The Balaban J connectivity index is 1.43. The van der Waals surface area contributed by atoms with Crippen LogP contribution in [0.25, 0.3) is 11.3 Å². The summed E-state index contributed by atoms with van der Waals surface area (Å²) in [5.74, 6) is -0.171. The first-order valence-corrected chi connectivity index (χ1v) is 12.3. The van der Waals surface area contributed by atoms with E-state index in [1.807, 2.05) is 0 Å². The molecule has 2 aromatic carbocycles. The van der Waals surface area contributed by atoms with Crippen LogP contribution >= 0.6 is 11.3 Å². The van der Waals surface area contributed by atoms with Crippen LogP contribution in [-0.2, 0) is 10.0 Å². The van der Waals surface area contributed by atoms with Crippen molar-refractivity contribution in [2.24, 2.45) is 5.92 Å². The van der Waals surface area contributed by atoms with Crippen molar-refractivity contribution in [1.29, 1.82) is 0 Å². The number of hydrogen-bond acceptors (Lipinski definition) is 5. The monoisotopic (exact) mass is 459 g/mol. The van der Waals surface area contributed by atoms with E-state index in [1.54, 1.807) is 17.5 Å². The number of rotatable bonds is 5. The van der Waals surface area contributed by atoms with Gasteiger partial charge in [-0.2, -0.15) is 4.31 Å². The molecule has 1 aliphatic heterocycles. The number of anilines is 1. The second-order valence-electron chi connectivity index (χ2n) is 7.61. The molecule has 0 saturated carbocycles. The average molecular weight is 460 g/mol. The van der Waals surface area contributed by atoms with Crippen LogP contribution in [0.4, 0.5) is 9.52 Å². The molecule has 1 fully saturated rings. The molecule has 0 atom stereocenters. The normalized spacial score (nSPS) is 15.7. The number of thiazole rings is 1. The third-order valence-corrected chi connectivity index (χ3v) is 8.03. The number of nitrogens with one attached hydrogen (secondary N) is 1. The maximum Gasteiger partial charge on any atom is 0.257 e. The van der Waals surface area contributed by atoms with Gasteiger partial charge in [0.2, 0.25) is 10.0 Å². The van der Waals surface area contributed by atoms with Crippen molar-refractivity contribution < 1.29 is 17.6 Å². The van der Waals surface area contributed by atoms with Crippen LogP contribution in [0.2, 0.25) is 0 Å². The zero-order valence-electron chi connectivity index (χ0n) is 16.9. The molecule has 0 aliphatic carbocycles. The average Bonchev–Trinajstić information content (AvgIpc) is 3.23. The van der Waals surface area contributed by atoms with E-state index < -0.39 is 10.0 Å². The maximum atomic E-state index is 13.1. The molecule has 162 valence electrons. The van der Waals surface area contributed by atoms with Gasteiger partial charge in [0.1, 0.15) is 5.82 Å². The van der Waals surface area contributed by atoms with Crippen molar-refractivity contribution in [3.05, 3.63) is 65.3 Å². The van der Waals surface area contributed by atoms with E-state index in [4.69, 9.17) is 0 Å². The number of halogens is 1. The summed E-state index contributed by atoms with van der Waals surface area (Å²) in [6, 6.07) is 11.9. The number of sulfonamides is 1. The number of amides is 1. The summed E-state index contributed by atoms with van der Waals surface area (Å²) in [5, 5.41) is 4.90. The van der Waals surface area contributed by atoms with Crippen molar-refractivity contribution in [3.63, 3.8) is 0 Å². The standard InChI is InChI=1S/C22H22FN3O3S2/c1-15-10-12-26(13-11-15)31(28,29)19-8-4-17(5-9-19)21(27)25-22-24-20(14-30-22)16-2-6-18(23)7-3-16/h2-9,14-15H,10-13H2,1H3,(H,24,25,27). The Bertz CT molecular complexity index is 1170. The molecule has 0 bridgehead atoms. The highest BCUT2D eigenvalue weighted by Crippen LogP contribution is 2.26. The molecule has 3 aromatic rings. The highest BCUT2D eigenvalue weighted by Gasteiger charge is 2.28. The van der Waals surface area contributed by atoms with E-state index in [0.717, 1.165) is 18.4 Å². The van der Waals surface area contributed by atoms with E-state index in [9.17, 15) is 17.6 Å². The lowest BCUT2D eigenvalue weighted by Crippen LogP contribution is -2.37. The first-order valence-electron chi connectivity index (χ1n) is 9.96. The Morgan fingerprint density at radius 2 is 1.74 bits per heavy atom. The topological polar surface area (TPSA) is 79.4 Å². The predicted octanol–water partition coefficient (Wildman–Crippen LogP) is 4.62. The highest BCUT2D eigenvalue weighted by atomic mass is 32.2. The van der Waals surface area contributed by atoms with E-state index in [2.05, 4.69) is 17.2 Å². The van der Waals surface area contributed by atoms with Crippen LogP contribution in [0.3, 0.4) is 0 Å². The van der Waals surface area contributed by atoms with Gasteiger partial charge in [-0.25, -0.2) is 17.8 Å². The van der Waals surface area contributed by atoms with Gasteiger partial charge in [0, 0.05) is 29.6 Å². The second kappa shape index (κ2) is 8.86. The summed E-state index contributed by atoms with van der Waals surface area (Å²) in [6.45, 7) is 3.17. The number of carbonyl (C=O) groups is 1. The van der Waals surface area contributed by atoms with Crippen molar-refractivity contribution in [1.82, 2.24) is 9.29 Å². The summed E-state index contributed by atoms with van der Waals surface area (Å²) >= 11 is 1.26. The number of carbonyl (C=O) groups excluding carboxylic acids is 1. The zero-order valence-corrected chi connectivity index (χ0v) is 18.5. The molecule has 1 aliphatic rings. The van der Waals surface area contributed by atoms with E-state index in [-0.39, 0.29) is 16.6 Å². The molecule has 0 spiro atoms. The van der Waals surface area contributed by atoms with Crippen LogP contribution in [0.15, 0.2) is 58.8 Å². The quantitative estimate of drug-likeness (QED) is 0.604. The molecule has 1 N–H and O–H groups in total. The summed E-state index contributed by atoms with van der Waals surface area (Å²) in [5.41, 5.74) is 1.72. The van der Waals surface area contributed by atoms with Crippen LogP contribution in [0, 0.1) is 11.7 Å². The van der Waals surface area contributed by atoms with Gasteiger partial charge in [-0.15, -0.1) is 11.3 Å². The summed E-state index contributed by atoms with van der Waals surface area (Å²) in [7, 11) is -3.55. The Morgan fingerprint density at radius 3 is 2.39 bits per heavy atom. The lowest BCUT2D eigenvalue weighted by atomic mass is 10.0. The molecular formula is C22H22FN3O3S2. The molecule has 0 unspecified atom stereocenters. The van der Waals surface area contributed by atoms with Crippen molar-refractivity contribution >= 4 is 32.4 Å². The fourth-order valence-electron chi connectivity index (χ4n) is 3.41. The third kappa shape index (κ3) is 4.84. The van der Waals surface area contributed by atoms with Gasteiger partial charge in [-0.3, -0.25) is 10.1 Å². The third-order valence-electron chi connectivity index (χ3n) is 5.36. The Hall–Kier alpha value is -2.62. The molecular weight excluding hydrogens is 437 g/mol. The minimum Gasteiger partial charge on any atom is -0.298 e. The van der Waals surface area contributed by atoms with Crippen LogP contribution in [-0.4, -0.2) is 36.7 Å². The Kier molecular flexibility index (Phi) is 6.17. The van der Waals surface area contributed by atoms with Crippen molar-refractivity contribution in [2.75, 3.05) is 18.4 Å². The van der Waals surface area contributed by atoms with E-state index in [0.29, 0.717) is 35.4 Å². The molecule has 0 radical (unpaired) electrons. The largest absolute Gasteiger partial charge is 0.298 e. The molecule has 9 heteroatoms. The van der Waals surface area contributed by atoms with Crippen LogP contribution in [0.5, 0.6) is 0 Å². The molecule has 6 nitrogen and oxygen atoms in total. The zero-order chi connectivity index (χ0) is 22.0.